The summed E-state index contributed by atoms with van der Waals surface area (Å²) in [6.07, 6.45) is 2.01. The van der Waals surface area contributed by atoms with Gasteiger partial charge in [0.1, 0.15) is 17.4 Å². The third kappa shape index (κ3) is 4.61. The molecule has 0 aliphatic carbocycles. The number of nitro benzene ring substituents is 1. The Labute approximate surface area is 155 Å². The Balaban J connectivity index is 2.34. The molecular formula is C19H16N3O5-. The van der Waals surface area contributed by atoms with E-state index in [4.69, 9.17) is 4.74 Å². The van der Waals surface area contributed by atoms with Gasteiger partial charge in [0.05, 0.1) is 12.0 Å². The number of ether oxygens (including phenoxy) is 1. The first-order valence-electron chi connectivity index (χ1n) is 7.95. The highest BCUT2D eigenvalue weighted by Crippen LogP contribution is 2.35. The van der Waals surface area contributed by atoms with E-state index in [1.165, 1.54) is 13.2 Å². The number of nitro groups is 1. The van der Waals surface area contributed by atoms with Crippen molar-refractivity contribution in [3.8, 4) is 17.6 Å². The van der Waals surface area contributed by atoms with Crippen LogP contribution >= 0.6 is 0 Å². The molecule has 0 unspecified atom stereocenters. The van der Waals surface area contributed by atoms with Gasteiger partial charge in [0.2, 0.25) is 0 Å². The topological polar surface area (TPSA) is 128 Å². The van der Waals surface area contributed by atoms with E-state index in [1.807, 2.05) is 19.1 Å². The third-order valence-corrected chi connectivity index (χ3v) is 3.77. The van der Waals surface area contributed by atoms with E-state index in [0.29, 0.717) is 5.69 Å². The number of methoxy groups -OCH3 is 1. The summed E-state index contributed by atoms with van der Waals surface area (Å²) in [5, 5.41) is 34.7. The van der Waals surface area contributed by atoms with Gasteiger partial charge in [0, 0.05) is 17.5 Å². The summed E-state index contributed by atoms with van der Waals surface area (Å²) >= 11 is 0. The molecule has 138 valence electrons. The van der Waals surface area contributed by atoms with E-state index in [-0.39, 0.29) is 16.9 Å². The number of nitriles is 1. The quantitative estimate of drug-likeness (QED) is 0.362. The van der Waals surface area contributed by atoms with E-state index in [1.54, 1.807) is 18.2 Å². The van der Waals surface area contributed by atoms with Crippen LogP contribution in [0.1, 0.15) is 18.1 Å². The average molecular weight is 366 g/mol. The molecular weight excluding hydrogens is 350 g/mol. The fourth-order valence-corrected chi connectivity index (χ4v) is 2.32. The lowest BCUT2D eigenvalue weighted by Gasteiger charge is -2.13. The van der Waals surface area contributed by atoms with Crippen LogP contribution in [0.25, 0.3) is 6.08 Å². The van der Waals surface area contributed by atoms with Gasteiger partial charge >= 0.3 is 0 Å². The monoisotopic (exact) mass is 366 g/mol. The maximum Gasteiger partial charge on any atom is 0.266 e. The minimum Gasteiger partial charge on any atom is -0.865 e. The number of carbonyl (C=O) groups excluding carboxylic acids is 1. The molecule has 0 aromatic heterocycles. The second-order valence-electron chi connectivity index (χ2n) is 5.50. The van der Waals surface area contributed by atoms with Crippen molar-refractivity contribution in [2.45, 2.75) is 13.3 Å². The van der Waals surface area contributed by atoms with Gasteiger partial charge in [-0.05, 0) is 41.8 Å². The van der Waals surface area contributed by atoms with Crippen molar-refractivity contribution in [2.24, 2.45) is 0 Å². The van der Waals surface area contributed by atoms with Crippen LogP contribution in [0.3, 0.4) is 0 Å². The van der Waals surface area contributed by atoms with Gasteiger partial charge in [0.15, 0.2) is 0 Å². The molecule has 0 atom stereocenters. The molecule has 2 aromatic rings. The number of nitrogens with one attached hydrogen (secondary N) is 1. The molecule has 8 heteroatoms. The van der Waals surface area contributed by atoms with Crippen LogP contribution in [0.5, 0.6) is 11.5 Å². The highest BCUT2D eigenvalue weighted by atomic mass is 16.6. The summed E-state index contributed by atoms with van der Waals surface area (Å²) in [5.74, 6) is -1.79. The molecule has 2 rings (SSSR count). The predicted molar refractivity (Wildman–Crippen MR) is 97.1 cm³/mol. The first-order valence-corrected chi connectivity index (χ1v) is 7.95. The summed E-state index contributed by atoms with van der Waals surface area (Å²) in [5.41, 5.74) is 0.766. The zero-order chi connectivity index (χ0) is 20.0. The molecule has 0 bridgehead atoms. The minimum atomic E-state index is -0.876. The molecule has 1 N–H and O–H groups in total. The van der Waals surface area contributed by atoms with Crippen LogP contribution in [-0.4, -0.2) is 17.9 Å². The molecule has 0 saturated carbocycles. The van der Waals surface area contributed by atoms with Crippen LogP contribution in [0.4, 0.5) is 11.4 Å². The van der Waals surface area contributed by atoms with E-state index in [0.717, 1.165) is 24.1 Å². The molecule has 27 heavy (non-hydrogen) atoms. The number of hydrogen-bond acceptors (Lipinski definition) is 6. The lowest BCUT2D eigenvalue weighted by Crippen LogP contribution is -2.13. The average Bonchev–Trinajstić information content (AvgIpc) is 2.67. The largest absolute Gasteiger partial charge is 0.865 e. The second kappa shape index (κ2) is 8.49. The van der Waals surface area contributed by atoms with Gasteiger partial charge in [-0.3, -0.25) is 14.9 Å². The molecule has 0 saturated heterocycles. The van der Waals surface area contributed by atoms with Gasteiger partial charge in [-0.1, -0.05) is 19.1 Å². The SMILES string of the molecule is CCc1ccc(NC(=O)/C(C#N)=C/c2cc(OC)c([O-])c([N+](=O)[O-])c2)cc1. The number of benzene rings is 2. The van der Waals surface area contributed by atoms with Gasteiger partial charge in [-0.15, -0.1) is 0 Å². The molecule has 0 aliphatic rings. The zero-order valence-corrected chi connectivity index (χ0v) is 14.7. The zero-order valence-electron chi connectivity index (χ0n) is 14.7. The number of carbonyl (C=O) groups is 1. The van der Waals surface area contributed by atoms with E-state index in [2.05, 4.69) is 5.32 Å². The third-order valence-electron chi connectivity index (χ3n) is 3.77. The van der Waals surface area contributed by atoms with Gasteiger partial charge in [-0.25, -0.2) is 0 Å². The van der Waals surface area contributed by atoms with Crippen molar-refractivity contribution >= 4 is 23.4 Å². The molecule has 0 heterocycles. The molecule has 1 amide bonds. The standard InChI is InChI=1S/C19H17N3O5/c1-3-12-4-6-15(7-5-12)21-19(24)14(11-20)8-13-9-16(22(25)26)18(23)17(10-13)27-2/h4-10,23H,3H2,1-2H3,(H,21,24)/p-1/b14-8+. The fourth-order valence-electron chi connectivity index (χ4n) is 2.32. The van der Waals surface area contributed by atoms with Crippen LogP contribution < -0.4 is 15.2 Å². The summed E-state index contributed by atoms with van der Waals surface area (Å²) in [6, 6.07) is 11.1. The Morgan fingerprint density at radius 1 is 1.33 bits per heavy atom. The Morgan fingerprint density at radius 3 is 2.52 bits per heavy atom. The number of amides is 1. The van der Waals surface area contributed by atoms with Crippen molar-refractivity contribution < 1.29 is 19.6 Å². The summed E-state index contributed by atoms with van der Waals surface area (Å²) in [4.78, 5) is 22.5. The van der Waals surface area contributed by atoms with Crippen molar-refractivity contribution in [1.29, 1.82) is 5.26 Å². The number of anilines is 1. The molecule has 2 aromatic carbocycles. The second-order valence-corrected chi connectivity index (χ2v) is 5.50. The fraction of sp³-hybridized carbons (Fsp3) is 0.158. The van der Waals surface area contributed by atoms with Crippen LogP contribution in [-0.2, 0) is 11.2 Å². The summed E-state index contributed by atoms with van der Waals surface area (Å²) < 4.78 is 4.84. The summed E-state index contributed by atoms with van der Waals surface area (Å²) in [6.45, 7) is 2.00. The van der Waals surface area contributed by atoms with Gasteiger partial charge in [0.25, 0.3) is 11.6 Å². The summed E-state index contributed by atoms with van der Waals surface area (Å²) in [7, 11) is 1.20. The van der Waals surface area contributed by atoms with Gasteiger partial charge < -0.3 is 15.2 Å². The molecule has 0 spiro atoms. The smallest absolute Gasteiger partial charge is 0.266 e. The predicted octanol–water partition coefficient (Wildman–Crippen LogP) is 2.79. The van der Waals surface area contributed by atoms with Crippen LogP contribution in [0.15, 0.2) is 42.0 Å². The van der Waals surface area contributed by atoms with E-state index < -0.39 is 22.3 Å². The molecule has 0 radical (unpaired) electrons. The van der Waals surface area contributed by atoms with Gasteiger partial charge in [-0.2, -0.15) is 5.26 Å². The van der Waals surface area contributed by atoms with E-state index in [9.17, 15) is 25.3 Å². The number of nitrogens with zero attached hydrogens (tertiary/aromatic N) is 2. The lowest BCUT2D eigenvalue weighted by atomic mass is 10.1. The highest BCUT2D eigenvalue weighted by Gasteiger charge is 2.15. The normalized spacial score (nSPS) is 10.8. The number of rotatable bonds is 6. The first kappa shape index (κ1) is 19.5. The van der Waals surface area contributed by atoms with Crippen molar-refractivity contribution in [3.05, 3.63) is 63.2 Å². The molecule has 0 fully saturated rings. The number of aryl methyl sites for hydroxylation is 1. The Kier molecular flexibility index (Phi) is 6.12. The minimum absolute atomic E-state index is 0.131. The van der Waals surface area contributed by atoms with Crippen molar-refractivity contribution in [3.63, 3.8) is 0 Å². The first-order chi connectivity index (χ1) is 12.9. The molecule has 8 nitrogen and oxygen atoms in total. The Bertz CT molecular complexity index is 943. The van der Waals surface area contributed by atoms with Crippen molar-refractivity contribution in [1.82, 2.24) is 0 Å². The Hall–Kier alpha value is -3.86. The van der Waals surface area contributed by atoms with Crippen LogP contribution in [0.2, 0.25) is 0 Å². The maximum absolute atomic E-state index is 12.3. The lowest BCUT2D eigenvalue weighted by molar-refractivity contribution is -0.398. The van der Waals surface area contributed by atoms with Crippen molar-refractivity contribution in [2.75, 3.05) is 12.4 Å². The maximum atomic E-state index is 12.3. The molecule has 0 aliphatic heterocycles. The van der Waals surface area contributed by atoms with E-state index >= 15 is 0 Å². The van der Waals surface area contributed by atoms with Crippen LogP contribution in [0, 0.1) is 21.4 Å². The highest BCUT2D eigenvalue weighted by molar-refractivity contribution is 6.09. The number of hydrogen-bond donors (Lipinski definition) is 1. The Morgan fingerprint density at radius 2 is 2.00 bits per heavy atom.